The lowest BCUT2D eigenvalue weighted by Crippen LogP contribution is -2.51. The first kappa shape index (κ1) is 25.9. The highest BCUT2D eigenvalue weighted by Crippen LogP contribution is 2.51. The normalized spacial score (nSPS) is 25.6. The summed E-state index contributed by atoms with van der Waals surface area (Å²) in [6, 6.07) is 11.9. The molecule has 0 amide bonds. The molecule has 0 bridgehead atoms. The average molecular weight is 521 g/mol. The van der Waals surface area contributed by atoms with E-state index in [2.05, 4.69) is 0 Å². The van der Waals surface area contributed by atoms with E-state index in [1.165, 1.54) is 6.07 Å². The van der Waals surface area contributed by atoms with Gasteiger partial charge >= 0.3 is 7.12 Å². The molecule has 2 aromatic rings. The zero-order chi connectivity index (χ0) is 26.3. The fourth-order valence-electron chi connectivity index (χ4n) is 6.30. The topological polar surface area (TPSA) is 93.1 Å². The molecule has 0 radical (unpaired) electrons. The molecule has 1 fully saturated rings. The molecule has 2 aliphatic carbocycles. The lowest BCUT2D eigenvalue weighted by atomic mass is 9.54. The molecule has 1 aliphatic heterocycles. The number of ether oxygens (including phenoxy) is 1. The minimum Gasteiger partial charge on any atom is -0.508 e. The molecule has 3 aliphatic rings. The van der Waals surface area contributed by atoms with Crippen LogP contribution in [0.25, 0.3) is 6.08 Å². The number of halogens is 1. The third-order valence-corrected chi connectivity index (χ3v) is 8.20. The van der Waals surface area contributed by atoms with Gasteiger partial charge in [-0.05, 0) is 73.3 Å². The molecule has 0 saturated carbocycles. The number of carbonyl (C=O) groups excluding carboxylic acids is 2. The molecule has 37 heavy (non-hydrogen) atoms. The molecule has 0 aromatic heterocycles. The highest BCUT2D eigenvalue weighted by atomic mass is 35.5. The van der Waals surface area contributed by atoms with E-state index >= 15 is 0 Å². The highest BCUT2D eigenvalue weighted by Gasteiger charge is 2.53. The van der Waals surface area contributed by atoms with Gasteiger partial charge in [0.05, 0.1) is 17.7 Å². The van der Waals surface area contributed by atoms with Crippen LogP contribution in [-0.4, -0.2) is 48.6 Å². The number of methoxy groups -OCH3 is 1. The number of aromatic hydroxyl groups is 1. The fraction of sp³-hybridized carbons (Fsp3) is 0.379. The quantitative estimate of drug-likeness (QED) is 0.392. The van der Waals surface area contributed by atoms with E-state index in [4.69, 9.17) is 21.0 Å². The van der Waals surface area contributed by atoms with E-state index in [0.717, 1.165) is 22.3 Å². The van der Waals surface area contributed by atoms with Crippen LogP contribution in [0.2, 0.25) is 11.3 Å². The lowest BCUT2D eigenvalue weighted by molar-refractivity contribution is 0.0584. The maximum Gasteiger partial charge on any atom is 0.455 e. The van der Waals surface area contributed by atoms with Crippen molar-refractivity contribution >= 4 is 36.4 Å². The van der Waals surface area contributed by atoms with Gasteiger partial charge in [-0.3, -0.25) is 9.59 Å². The predicted molar refractivity (Wildman–Crippen MR) is 143 cm³/mol. The number of hydrogen-bond donors (Lipinski definition) is 2. The van der Waals surface area contributed by atoms with E-state index < -0.39 is 25.1 Å². The van der Waals surface area contributed by atoms with Crippen molar-refractivity contribution in [1.82, 2.24) is 0 Å². The number of hydrogen-bond acceptors (Lipinski definition) is 6. The Balaban J connectivity index is 1.45. The molecular formula is C29H30BClO6. The van der Waals surface area contributed by atoms with E-state index in [1.54, 1.807) is 43.5 Å². The summed E-state index contributed by atoms with van der Waals surface area (Å²) in [6.45, 7) is 2.35. The molecule has 8 heteroatoms. The summed E-state index contributed by atoms with van der Waals surface area (Å²) in [7, 11) is 0.608. The summed E-state index contributed by atoms with van der Waals surface area (Å²) >= 11 is 6.27. The number of allylic oxidation sites excluding steroid dienone is 1. The number of Topliss-reactive ketones (excluding diaryl/α,β-unsaturated/α-hetero) is 2. The van der Waals surface area contributed by atoms with Gasteiger partial charge in [0.25, 0.3) is 0 Å². The van der Waals surface area contributed by atoms with Gasteiger partial charge in [0.15, 0.2) is 11.6 Å². The van der Waals surface area contributed by atoms with Gasteiger partial charge in [-0.1, -0.05) is 47.5 Å². The summed E-state index contributed by atoms with van der Waals surface area (Å²) in [5.41, 5.74) is 4.84. The molecule has 4 atom stereocenters. The van der Waals surface area contributed by atoms with Crippen LogP contribution in [0.1, 0.15) is 52.5 Å². The maximum absolute atomic E-state index is 13.7. The molecule has 5 rings (SSSR count). The van der Waals surface area contributed by atoms with Crippen LogP contribution in [0.5, 0.6) is 5.75 Å². The van der Waals surface area contributed by atoms with Crippen LogP contribution in [0.4, 0.5) is 0 Å². The van der Waals surface area contributed by atoms with Gasteiger partial charge in [0.1, 0.15) is 5.75 Å². The molecule has 6 nitrogen and oxygen atoms in total. The Morgan fingerprint density at radius 1 is 1.16 bits per heavy atom. The standard InChI is InChI=1S/C29H30BClO6/c1-16(11-17-8-9-19(32)13-24(17)31)7-10-25-26-18(15-36-2)12-22-27(23(26)14-30(35)37-25)29(34)21-6-4-3-5-20(21)28(22)33/h3-6,8-9,11,13,22-23,25,27,32,35H,7,10,12,14-15H2,1-2H3/b16-11+/t22-,23+,25-,27-/m1/s1. The summed E-state index contributed by atoms with van der Waals surface area (Å²) < 4.78 is 11.6. The molecule has 2 N–H and O–H groups in total. The molecule has 1 saturated heterocycles. The smallest absolute Gasteiger partial charge is 0.455 e. The Morgan fingerprint density at radius 2 is 1.89 bits per heavy atom. The van der Waals surface area contributed by atoms with Gasteiger partial charge in [0, 0.05) is 30.1 Å². The first-order valence-electron chi connectivity index (χ1n) is 12.7. The summed E-state index contributed by atoms with van der Waals surface area (Å²) in [5.74, 6) is -1.16. The highest BCUT2D eigenvalue weighted by molar-refractivity contribution is 6.43. The maximum atomic E-state index is 13.7. The van der Waals surface area contributed by atoms with E-state index in [9.17, 15) is 19.7 Å². The molecule has 2 aromatic carbocycles. The molecular weight excluding hydrogens is 491 g/mol. The third-order valence-electron chi connectivity index (χ3n) is 7.87. The van der Waals surface area contributed by atoms with Crippen LogP contribution in [0, 0.1) is 17.8 Å². The van der Waals surface area contributed by atoms with Crippen LogP contribution < -0.4 is 0 Å². The van der Waals surface area contributed by atoms with Crippen molar-refractivity contribution in [2.75, 3.05) is 13.7 Å². The predicted octanol–water partition coefficient (Wildman–Crippen LogP) is 5.38. The van der Waals surface area contributed by atoms with Crippen molar-refractivity contribution in [2.24, 2.45) is 17.8 Å². The fourth-order valence-corrected chi connectivity index (χ4v) is 6.53. The minimum absolute atomic E-state index is 0.00469. The molecule has 0 unspecified atom stereocenters. The SMILES string of the molecule is COCC1=C2[C@@H](CC/C(C)=C/c3ccc(O)cc3Cl)OB(O)C[C@@H]2[C@@H]2C(=O)c3ccccc3C(=O)[C@@H]2C1. The Kier molecular flexibility index (Phi) is 7.41. The van der Waals surface area contributed by atoms with Crippen molar-refractivity contribution < 1.29 is 29.1 Å². The second-order valence-corrected chi connectivity index (χ2v) is 10.7. The third kappa shape index (κ3) is 4.93. The van der Waals surface area contributed by atoms with Crippen molar-refractivity contribution in [3.05, 3.63) is 80.9 Å². The van der Waals surface area contributed by atoms with Crippen molar-refractivity contribution in [1.29, 1.82) is 0 Å². The van der Waals surface area contributed by atoms with Gasteiger partial charge in [-0.15, -0.1) is 0 Å². The van der Waals surface area contributed by atoms with Crippen LogP contribution in [0.15, 0.2) is 59.2 Å². The van der Waals surface area contributed by atoms with Gasteiger partial charge in [-0.25, -0.2) is 0 Å². The van der Waals surface area contributed by atoms with Crippen molar-refractivity contribution in [3.63, 3.8) is 0 Å². The Morgan fingerprint density at radius 3 is 2.59 bits per heavy atom. The summed E-state index contributed by atoms with van der Waals surface area (Å²) in [5, 5.41) is 20.8. The van der Waals surface area contributed by atoms with E-state index in [0.29, 0.717) is 42.0 Å². The number of benzene rings is 2. The number of rotatable bonds is 6. The lowest BCUT2D eigenvalue weighted by Gasteiger charge is -2.47. The largest absolute Gasteiger partial charge is 0.508 e. The zero-order valence-electron chi connectivity index (χ0n) is 20.9. The second kappa shape index (κ2) is 10.6. The number of ketones is 2. The van der Waals surface area contributed by atoms with Crippen LogP contribution >= 0.6 is 11.6 Å². The van der Waals surface area contributed by atoms with Gasteiger partial charge in [-0.2, -0.15) is 0 Å². The molecule has 0 spiro atoms. The van der Waals surface area contributed by atoms with E-state index in [1.807, 2.05) is 13.0 Å². The number of fused-ring (bicyclic) bond motifs is 4. The van der Waals surface area contributed by atoms with Crippen LogP contribution in [0.3, 0.4) is 0 Å². The van der Waals surface area contributed by atoms with Crippen molar-refractivity contribution in [3.8, 4) is 5.75 Å². The van der Waals surface area contributed by atoms with Crippen molar-refractivity contribution in [2.45, 2.75) is 38.6 Å². The Bertz CT molecular complexity index is 1300. The van der Waals surface area contributed by atoms with Gasteiger partial charge < -0.3 is 19.5 Å². The Labute approximate surface area is 222 Å². The average Bonchev–Trinajstić information content (AvgIpc) is 2.87. The van der Waals surface area contributed by atoms with Gasteiger partial charge in [0.2, 0.25) is 0 Å². The zero-order valence-corrected chi connectivity index (χ0v) is 21.7. The summed E-state index contributed by atoms with van der Waals surface area (Å²) in [6.07, 6.45) is 3.59. The number of phenolic OH excluding ortho intramolecular Hbond substituents is 1. The Hall–Kier alpha value is -2.71. The number of phenols is 1. The monoisotopic (exact) mass is 520 g/mol. The molecule has 1 heterocycles. The first-order chi connectivity index (χ1) is 17.8. The minimum atomic E-state index is -1.02. The molecule has 192 valence electrons. The second-order valence-electron chi connectivity index (χ2n) is 10.3. The number of carbonyl (C=O) groups is 2. The van der Waals surface area contributed by atoms with E-state index in [-0.39, 0.29) is 29.6 Å². The van der Waals surface area contributed by atoms with Crippen LogP contribution in [-0.2, 0) is 9.39 Å². The summed E-state index contributed by atoms with van der Waals surface area (Å²) in [4.78, 5) is 27.2. The first-order valence-corrected chi connectivity index (χ1v) is 13.0.